The van der Waals surface area contributed by atoms with Gasteiger partial charge in [0.2, 0.25) is 5.88 Å². The third kappa shape index (κ3) is 3.24. The molecule has 0 bridgehead atoms. The average molecular weight is 270 g/mol. The molecule has 5 nitrogen and oxygen atoms in total. The quantitative estimate of drug-likeness (QED) is 0.916. The Morgan fingerprint density at radius 1 is 1.25 bits per heavy atom. The first-order valence-electron chi connectivity index (χ1n) is 6.80. The van der Waals surface area contributed by atoms with Gasteiger partial charge < -0.3 is 10.5 Å². The van der Waals surface area contributed by atoms with Crippen LogP contribution in [0.5, 0.6) is 5.88 Å². The lowest BCUT2D eigenvalue weighted by Crippen LogP contribution is -2.24. The van der Waals surface area contributed by atoms with E-state index in [0.29, 0.717) is 11.7 Å². The van der Waals surface area contributed by atoms with Gasteiger partial charge in [0, 0.05) is 19.6 Å². The lowest BCUT2D eigenvalue weighted by atomic mass is 10.2. The number of hydrogen-bond donors (Lipinski definition) is 1. The van der Waals surface area contributed by atoms with Gasteiger partial charge in [0.1, 0.15) is 11.9 Å². The Bertz CT molecular complexity index is 561. The number of nitrogen functional groups attached to an aromatic ring is 1. The summed E-state index contributed by atoms with van der Waals surface area (Å²) in [6.45, 7) is 2.91. The van der Waals surface area contributed by atoms with E-state index in [-0.39, 0.29) is 6.10 Å². The SMILES string of the molecule is Nc1cncc(OC2CCN(Cc3ccccc3)C2)n1. The van der Waals surface area contributed by atoms with Gasteiger partial charge in [0.05, 0.1) is 12.4 Å². The van der Waals surface area contributed by atoms with Crippen LogP contribution in [0.3, 0.4) is 0 Å². The predicted molar refractivity (Wildman–Crippen MR) is 77.2 cm³/mol. The summed E-state index contributed by atoms with van der Waals surface area (Å²) in [5, 5.41) is 0. The van der Waals surface area contributed by atoms with Crippen molar-refractivity contribution in [2.45, 2.75) is 19.1 Å². The maximum Gasteiger partial charge on any atom is 0.234 e. The number of rotatable bonds is 4. The Kier molecular flexibility index (Phi) is 3.78. The van der Waals surface area contributed by atoms with Crippen LogP contribution in [0, 0.1) is 0 Å². The lowest BCUT2D eigenvalue weighted by Gasteiger charge is -2.16. The van der Waals surface area contributed by atoms with Gasteiger partial charge in [-0.25, -0.2) is 0 Å². The van der Waals surface area contributed by atoms with E-state index in [1.165, 1.54) is 11.8 Å². The predicted octanol–water partition coefficient (Wildman–Crippen LogP) is 1.71. The van der Waals surface area contributed by atoms with E-state index < -0.39 is 0 Å². The summed E-state index contributed by atoms with van der Waals surface area (Å²) in [4.78, 5) is 10.5. The van der Waals surface area contributed by atoms with E-state index in [0.717, 1.165) is 26.1 Å². The van der Waals surface area contributed by atoms with Crippen molar-refractivity contribution in [2.24, 2.45) is 0 Å². The minimum atomic E-state index is 0.162. The number of nitrogens with zero attached hydrogens (tertiary/aromatic N) is 3. The van der Waals surface area contributed by atoms with E-state index >= 15 is 0 Å². The fourth-order valence-corrected chi connectivity index (χ4v) is 2.47. The zero-order chi connectivity index (χ0) is 13.8. The summed E-state index contributed by atoms with van der Waals surface area (Å²) in [5.41, 5.74) is 6.93. The van der Waals surface area contributed by atoms with Gasteiger partial charge in [-0.3, -0.25) is 9.88 Å². The second-order valence-corrected chi connectivity index (χ2v) is 5.03. The Morgan fingerprint density at radius 3 is 2.90 bits per heavy atom. The van der Waals surface area contributed by atoms with Gasteiger partial charge in [-0.1, -0.05) is 30.3 Å². The Labute approximate surface area is 118 Å². The van der Waals surface area contributed by atoms with Crippen LogP contribution < -0.4 is 10.5 Å². The second kappa shape index (κ2) is 5.88. The molecule has 3 rings (SSSR count). The molecule has 5 heteroatoms. The molecule has 0 aliphatic carbocycles. The monoisotopic (exact) mass is 270 g/mol. The first-order valence-corrected chi connectivity index (χ1v) is 6.80. The minimum absolute atomic E-state index is 0.162. The van der Waals surface area contributed by atoms with Crippen LogP contribution in [-0.4, -0.2) is 34.1 Å². The van der Waals surface area contributed by atoms with Crippen LogP contribution >= 0.6 is 0 Å². The van der Waals surface area contributed by atoms with Crippen molar-refractivity contribution in [1.29, 1.82) is 0 Å². The summed E-state index contributed by atoms with van der Waals surface area (Å²) < 4.78 is 5.83. The lowest BCUT2D eigenvalue weighted by molar-refractivity contribution is 0.191. The first-order chi connectivity index (χ1) is 9.79. The molecule has 20 heavy (non-hydrogen) atoms. The molecule has 1 fully saturated rings. The number of hydrogen-bond acceptors (Lipinski definition) is 5. The largest absolute Gasteiger partial charge is 0.472 e. The molecular formula is C15H18N4O. The molecule has 2 heterocycles. The highest BCUT2D eigenvalue weighted by atomic mass is 16.5. The van der Waals surface area contributed by atoms with Crippen LogP contribution in [-0.2, 0) is 6.54 Å². The molecule has 0 amide bonds. The normalized spacial score (nSPS) is 19.1. The van der Waals surface area contributed by atoms with Crippen LogP contribution in [0.4, 0.5) is 5.82 Å². The molecule has 1 aromatic carbocycles. The van der Waals surface area contributed by atoms with Crippen molar-refractivity contribution >= 4 is 5.82 Å². The van der Waals surface area contributed by atoms with E-state index in [4.69, 9.17) is 10.5 Å². The highest BCUT2D eigenvalue weighted by Crippen LogP contribution is 2.18. The van der Waals surface area contributed by atoms with Crippen molar-refractivity contribution in [2.75, 3.05) is 18.8 Å². The number of anilines is 1. The number of ether oxygens (including phenoxy) is 1. The van der Waals surface area contributed by atoms with Crippen LogP contribution in [0.15, 0.2) is 42.7 Å². The molecule has 1 aromatic heterocycles. The third-order valence-electron chi connectivity index (χ3n) is 3.40. The van der Waals surface area contributed by atoms with Gasteiger partial charge in [0.15, 0.2) is 0 Å². The molecule has 0 spiro atoms. The summed E-state index contributed by atoms with van der Waals surface area (Å²) in [6, 6.07) is 10.5. The molecule has 2 N–H and O–H groups in total. The van der Waals surface area contributed by atoms with E-state index in [1.54, 1.807) is 6.20 Å². The Hall–Kier alpha value is -2.14. The van der Waals surface area contributed by atoms with Crippen molar-refractivity contribution < 1.29 is 4.74 Å². The van der Waals surface area contributed by atoms with Gasteiger partial charge in [-0.05, 0) is 12.0 Å². The molecule has 0 radical (unpaired) electrons. The third-order valence-corrected chi connectivity index (χ3v) is 3.40. The Morgan fingerprint density at radius 2 is 2.10 bits per heavy atom. The molecule has 1 saturated heterocycles. The number of nitrogens with two attached hydrogens (primary N) is 1. The molecule has 1 unspecified atom stereocenters. The topological polar surface area (TPSA) is 64.3 Å². The van der Waals surface area contributed by atoms with Crippen molar-refractivity contribution in [3.8, 4) is 5.88 Å². The van der Waals surface area contributed by atoms with Gasteiger partial charge in [-0.2, -0.15) is 4.98 Å². The smallest absolute Gasteiger partial charge is 0.234 e. The zero-order valence-corrected chi connectivity index (χ0v) is 11.3. The molecule has 1 aliphatic heterocycles. The zero-order valence-electron chi connectivity index (χ0n) is 11.3. The van der Waals surface area contributed by atoms with Crippen molar-refractivity contribution in [1.82, 2.24) is 14.9 Å². The second-order valence-electron chi connectivity index (χ2n) is 5.03. The average Bonchev–Trinajstić information content (AvgIpc) is 2.87. The summed E-state index contributed by atoms with van der Waals surface area (Å²) >= 11 is 0. The van der Waals surface area contributed by atoms with Crippen LogP contribution in [0.25, 0.3) is 0 Å². The molecular weight excluding hydrogens is 252 g/mol. The number of benzene rings is 1. The van der Waals surface area contributed by atoms with Gasteiger partial charge in [-0.15, -0.1) is 0 Å². The standard InChI is InChI=1S/C15H18N4O/c16-14-8-17-9-15(18-14)20-13-6-7-19(11-13)10-12-4-2-1-3-5-12/h1-5,8-9,13H,6-7,10-11H2,(H2,16,18). The van der Waals surface area contributed by atoms with Crippen molar-refractivity contribution in [3.05, 3.63) is 48.3 Å². The maximum atomic E-state index is 5.83. The molecule has 1 atom stereocenters. The number of aromatic nitrogens is 2. The molecule has 1 aliphatic rings. The van der Waals surface area contributed by atoms with Crippen LogP contribution in [0.2, 0.25) is 0 Å². The van der Waals surface area contributed by atoms with Crippen molar-refractivity contribution in [3.63, 3.8) is 0 Å². The van der Waals surface area contributed by atoms with Gasteiger partial charge in [0.25, 0.3) is 0 Å². The van der Waals surface area contributed by atoms with E-state index in [2.05, 4.69) is 39.1 Å². The molecule has 104 valence electrons. The summed E-state index contributed by atoms with van der Waals surface area (Å²) in [7, 11) is 0. The highest BCUT2D eigenvalue weighted by molar-refractivity contribution is 5.26. The van der Waals surface area contributed by atoms with Crippen LogP contribution in [0.1, 0.15) is 12.0 Å². The highest BCUT2D eigenvalue weighted by Gasteiger charge is 2.24. The maximum absolute atomic E-state index is 5.83. The summed E-state index contributed by atoms with van der Waals surface area (Å²) in [6.07, 6.45) is 4.29. The summed E-state index contributed by atoms with van der Waals surface area (Å²) in [5.74, 6) is 0.901. The van der Waals surface area contributed by atoms with E-state index in [9.17, 15) is 0 Å². The van der Waals surface area contributed by atoms with E-state index in [1.807, 2.05) is 6.07 Å². The van der Waals surface area contributed by atoms with Gasteiger partial charge >= 0.3 is 0 Å². The first kappa shape index (κ1) is 12.9. The molecule has 0 saturated carbocycles. The Balaban J connectivity index is 1.54. The minimum Gasteiger partial charge on any atom is -0.472 e. The molecule has 2 aromatic rings. The fourth-order valence-electron chi connectivity index (χ4n) is 2.47. The fraction of sp³-hybridized carbons (Fsp3) is 0.333. The number of likely N-dealkylation sites (tertiary alicyclic amines) is 1.